The van der Waals surface area contributed by atoms with Crippen LogP contribution >= 0.6 is 0 Å². The van der Waals surface area contributed by atoms with E-state index >= 15 is 0 Å². The SMILES string of the molecule is CC(=O)Nc1ccc(C)cc1N1CC(CN=[N+]=[N-])CC1=O. The first kappa shape index (κ1) is 14.9. The largest absolute Gasteiger partial charge is 0.325 e. The van der Waals surface area contributed by atoms with Crippen molar-refractivity contribution in [1.29, 1.82) is 0 Å². The second-order valence-corrected chi connectivity index (χ2v) is 5.19. The molecule has 1 aromatic rings. The molecule has 1 atom stereocenters. The predicted octanol–water partition coefficient (Wildman–Crippen LogP) is 2.62. The molecule has 1 N–H and O–H groups in total. The molecule has 1 aliphatic heterocycles. The van der Waals surface area contributed by atoms with Gasteiger partial charge in [-0.3, -0.25) is 9.59 Å². The average molecular weight is 287 g/mol. The van der Waals surface area contributed by atoms with Gasteiger partial charge in [0.15, 0.2) is 0 Å². The van der Waals surface area contributed by atoms with Crippen molar-refractivity contribution in [2.45, 2.75) is 20.3 Å². The van der Waals surface area contributed by atoms with E-state index in [2.05, 4.69) is 15.3 Å². The van der Waals surface area contributed by atoms with E-state index in [1.54, 1.807) is 11.0 Å². The van der Waals surface area contributed by atoms with Gasteiger partial charge in [0.1, 0.15) is 0 Å². The molecule has 0 aromatic heterocycles. The van der Waals surface area contributed by atoms with Crippen molar-refractivity contribution < 1.29 is 9.59 Å². The van der Waals surface area contributed by atoms with Crippen LogP contribution in [0, 0.1) is 12.8 Å². The van der Waals surface area contributed by atoms with Gasteiger partial charge in [-0.05, 0) is 36.1 Å². The Balaban J connectivity index is 2.28. The smallest absolute Gasteiger partial charge is 0.227 e. The summed E-state index contributed by atoms with van der Waals surface area (Å²) in [4.78, 5) is 27.8. The van der Waals surface area contributed by atoms with Crippen LogP contribution in [0.2, 0.25) is 0 Å². The second kappa shape index (κ2) is 6.28. The highest BCUT2D eigenvalue weighted by atomic mass is 16.2. The van der Waals surface area contributed by atoms with Gasteiger partial charge in [0.25, 0.3) is 0 Å². The van der Waals surface area contributed by atoms with E-state index in [1.807, 2.05) is 19.1 Å². The zero-order chi connectivity index (χ0) is 15.4. The van der Waals surface area contributed by atoms with Crippen molar-refractivity contribution in [1.82, 2.24) is 0 Å². The van der Waals surface area contributed by atoms with E-state index in [4.69, 9.17) is 5.53 Å². The van der Waals surface area contributed by atoms with Crippen LogP contribution in [0.3, 0.4) is 0 Å². The monoisotopic (exact) mass is 287 g/mol. The quantitative estimate of drug-likeness (QED) is 0.523. The maximum Gasteiger partial charge on any atom is 0.227 e. The lowest BCUT2D eigenvalue weighted by molar-refractivity contribution is -0.117. The van der Waals surface area contributed by atoms with E-state index in [1.165, 1.54) is 6.92 Å². The highest BCUT2D eigenvalue weighted by molar-refractivity contribution is 6.02. The molecule has 0 radical (unpaired) electrons. The molecule has 2 rings (SSSR count). The summed E-state index contributed by atoms with van der Waals surface area (Å²) < 4.78 is 0. The van der Waals surface area contributed by atoms with E-state index < -0.39 is 0 Å². The standard InChI is InChI=1S/C14H17N5O2/c1-9-3-4-12(17-10(2)20)13(5-9)19-8-11(6-14(19)21)7-16-18-15/h3-5,11H,6-8H2,1-2H3,(H,17,20). The average Bonchev–Trinajstić information content (AvgIpc) is 2.79. The third-order valence-electron chi connectivity index (χ3n) is 3.36. The lowest BCUT2D eigenvalue weighted by atomic mass is 10.1. The minimum absolute atomic E-state index is 0.0130. The maximum absolute atomic E-state index is 12.2. The van der Waals surface area contributed by atoms with E-state index in [0.717, 1.165) is 5.56 Å². The Morgan fingerprint density at radius 1 is 1.57 bits per heavy atom. The molecule has 1 heterocycles. The first-order chi connectivity index (χ1) is 10.0. The Morgan fingerprint density at radius 2 is 2.33 bits per heavy atom. The number of rotatable bonds is 4. The van der Waals surface area contributed by atoms with Gasteiger partial charge < -0.3 is 10.2 Å². The second-order valence-electron chi connectivity index (χ2n) is 5.19. The normalized spacial score (nSPS) is 17.5. The van der Waals surface area contributed by atoms with Crippen molar-refractivity contribution in [3.05, 3.63) is 34.2 Å². The van der Waals surface area contributed by atoms with E-state index in [0.29, 0.717) is 30.9 Å². The summed E-state index contributed by atoms with van der Waals surface area (Å²) in [5, 5.41) is 6.28. The number of amides is 2. The molecule has 1 aromatic carbocycles. The number of benzene rings is 1. The summed E-state index contributed by atoms with van der Waals surface area (Å²) in [5.74, 6) is -0.193. The minimum Gasteiger partial charge on any atom is -0.325 e. The first-order valence-electron chi connectivity index (χ1n) is 6.70. The van der Waals surface area contributed by atoms with Gasteiger partial charge in [0, 0.05) is 31.3 Å². The molecule has 21 heavy (non-hydrogen) atoms. The molecule has 7 heteroatoms. The number of nitrogens with zero attached hydrogens (tertiary/aromatic N) is 4. The molecule has 2 amide bonds. The van der Waals surface area contributed by atoms with Gasteiger partial charge in [-0.2, -0.15) is 0 Å². The van der Waals surface area contributed by atoms with Crippen LogP contribution in [0.4, 0.5) is 11.4 Å². The van der Waals surface area contributed by atoms with Gasteiger partial charge in [0.05, 0.1) is 11.4 Å². The molecular weight excluding hydrogens is 270 g/mol. The summed E-state index contributed by atoms with van der Waals surface area (Å²) in [7, 11) is 0. The fraction of sp³-hybridized carbons (Fsp3) is 0.429. The molecular formula is C14H17N5O2. The number of hydrogen-bond acceptors (Lipinski definition) is 3. The third kappa shape index (κ3) is 3.52. The number of hydrogen-bond donors (Lipinski definition) is 1. The molecule has 1 saturated heterocycles. The zero-order valence-corrected chi connectivity index (χ0v) is 12.0. The van der Waals surface area contributed by atoms with E-state index in [-0.39, 0.29) is 17.7 Å². The van der Waals surface area contributed by atoms with Crippen LogP contribution in [0.1, 0.15) is 18.9 Å². The lowest BCUT2D eigenvalue weighted by Crippen LogP contribution is -2.26. The Hall–Kier alpha value is -2.53. The highest BCUT2D eigenvalue weighted by Crippen LogP contribution is 2.32. The number of azide groups is 1. The van der Waals surface area contributed by atoms with Gasteiger partial charge >= 0.3 is 0 Å². The summed E-state index contributed by atoms with van der Waals surface area (Å²) in [6, 6.07) is 5.55. The molecule has 7 nitrogen and oxygen atoms in total. The number of anilines is 2. The molecule has 110 valence electrons. The summed E-state index contributed by atoms with van der Waals surface area (Å²) in [6.45, 7) is 4.16. The highest BCUT2D eigenvalue weighted by Gasteiger charge is 2.31. The van der Waals surface area contributed by atoms with Crippen LogP contribution in [0.15, 0.2) is 23.3 Å². The topological polar surface area (TPSA) is 98.2 Å². The molecule has 0 bridgehead atoms. The Morgan fingerprint density at radius 3 is 3.00 bits per heavy atom. The summed E-state index contributed by atoms with van der Waals surface area (Å²) in [5.41, 5.74) is 10.7. The molecule has 0 saturated carbocycles. The van der Waals surface area contributed by atoms with Crippen molar-refractivity contribution in [2.75, 3.05) is 23.3 Å². The number of carbonyl (C=O) groups excluding carboxylic acids is 2. The van der Waals surface area contributed by atoms with Crippen molar-refractivity contribution in [3.63, 3.8) is 0 Å². The minimum atomic E-state index is -0.183. The number of aryl methyl sites for hydroxylation is 1. The van der Waals surface area contributed by atoms with Crippen LogP contribution in [-0.4, -0.2) is 24.9 Å². The Labute approximate surface area is 122 Å². The van der Waals surface area contributed by atoms with Gasteiger partial charge in [0.2, 0.25) is 11.8 Å². The van der Waals surface area contributed by atoms with Gasteiger partial charge in [-0.1, -0.05) is 11.2 Å². The fourth-order valence-corrected chi connectivity index (χ4v) is 2.45. The number of carbonyl (C=O) groups is 2. The molecule has 0 aliphatic carbocycles. The summed E-state index contributed by atoms with van der Waals surface area (Å²) >= 11 is 0. The fourth-order valence-electron chi connectivity index (χ4n) is 2.45. The van der Waals surface area contributed by atoms with Gasteiger partial charge in [-0.25, -0.2) is 0 Å². The zero-order valence-electron chi connectivity index (χ0n) is 12.0. The summed E-state index contributed by atoms with van der Waals surface area (Å²) in [6.07, 6.45) is 0.354. The van der Waals surface area contributed by atoms with Crippen LogP contribution < -0.4 is 10.2 Å². The van der Waals surface area contributed by atoms with Crippen molar-refractivity contribution in [2.24, 2.45) is 11.0 Å². The van der Waals surface area contributed by atoms with Crippen LogP contribution in [0.25, 0.3) is 10.4 Å². The van der Waals surface area contributed by atoms with Crippen LogP contribution in [0.5, 0.6) is 0 Å². The first-order valence-corrected chi connectivity index (χ1v) is 6.70. The molecule has 1 fully saturated rings. The van der Waals surface area contributed by atoms with Crippen molar-refractivity contribution >= 4 is 23.2 Å². The Kier molecular flexibility index (Phi) is 4.45. The Bertz CT molecular complexity index is 622. The van der Waals surface area contributed by atoms with E-state index in [9.17, 15) is 9.59 Å². The lowest BCUT2D eigenvalue weighted by Gasteiger charge is -2.21. The molecule has 0 spiro atoms. The van der Waals surface area contributed by atoms with Gasteiger partial charge in [-0.15, -0.1) is 0 Å². The maximum atomic E-state index is 12.2. The van der Waals surface area contributed by atoms with Crippen LogP contribution in [-0.2, 0) is 9.59 Å². The predicted molar refractivity (Wildman–Crippen MR) is 80.0 cm³/mol. The molecule has 1 aliphatic rings. The molecule has 1 unspecified atom stereocenters. The van der Waals surface area contributed by atoms with Crippen molar-refractivity contribution in [3.8, 4) is 0 Å². The third-order valence-corrected chi connectivity index (χ3v) is 3.36. The number of nitrogens with one attached hydrogen (secondary N) is 1.